The molecule has 6 aromatic carbocycles. The van der Waals surface area contributed by atoms with Crippen molar-refractivity contribution in [1.82, 2.24) is 19.9 Å². The van der Waals surface area contributed by atoms with E-state index in [1.807, 2.05) is 0 Å². The SMILES string of the molecule is c1ccc2c(c1)-c1cc3[nH]c(cc4nc(cc5[nH]c(cc-2n1)c1ccccc51)-c1ccccc1-4)c1ccccc31.c1ccc2ccccc2c1. The molecule has 0 saturated heterocycles. The fourth-order valence-electron chi connectivity index (χ4n) is 7.40. The lowest BCUT2D eigenvalue weighted by Gasteiger charge is -1.97. The van der Waals surface area contributed by atoms with Crippen LogP contribution in [0, 0.1) is 0 Å². The average molecular weight is 639 g/mol. The first-order valence-corrected chi connectivity index (χ1v) is 16.9. The molecule has 9 aromatic rings. The second-order valence-electron chi connectivity index (χ2n) is 12.8. The first kappa shape index (κ1) is 28.3. The number of hydrogen-bond acceptors (Lipinski definition) is 2. The molecule has 2 aliphatic rings. The first-order valence-electron chi connectivity index (χ1n) is 16.9. The fraction of sp³-hybridized carbons (Fsp3) is 0. The highest BCUT2D eigenvalue weighted by Gasteiger charge is 2.19. The van der Waals surface area contributed by atoms with Crippen molar-refractivity contribution in [2.24, 2.45) is 0 Å². The molecule has 4 nitrogen and oxygen atoms in total. The molecule has 3 aromatic heterocycles. The molecule has 11 rings (SSSR count). The molecule has 0 fully saturated rings. The van der Waals surface area contributed by atoms with Gasteiger partial charge in [0.25, 0.3) is 0 Å². The molecule has 234 valence electrons. The lowest BCUT2D eigenvalue weighted by Crippen LogP contribution is -1.75. The van der Waals surface area contributed by atoms with Gasteiger partial charge in [-0.15, -0.1) is 0 Å². The Hall–Kier alpha value is -6.78. The molecule has 2 N–H and O–H groups in total. The van der Waals surface area contributed by atoms with E-state index in [0.29, 0.717) is 0 Å². The minimum Gasteiger partial charge on any atom is -0.354 e. The highest BCUT2D eigenvalue weighted by Crippen LogP contribution is 2.40. The van der Waals surface area contributed by atoms with Crippen molar-refractivity contribution in [2.75, 3.05) is 0 Å². The number of rotatable bonds is 0. The zero-order chi connectivity index (χ0) is 33.0. The van der Waals surface area contributed by atoms with Crippen molar-refractivity contribution in [1.29, 1.82) is 0 Å². The summed E-state index contributed by atoms with van der Waals surface area (Å²) < 4.78 is 0. The van der Waals surface area contributed by atoms with Crippen molar-refractivity contribution < 1.29 is 0 Å². The summed E-state index contributed by atoms with van der Waals surface area (Å²) in [5.41, 5.74) is 12.5. The number of hydrogen-bond donors (Lipinski definition) is 2. The van der Waals surface area contributed by atoms with Crippen molar-refractivity contribution in [3.8, 4) is 45.0 Å². The maximum absolute atomic E-state index is 5.17. The quantitative estimate of drug-likeness (QED) is 0.174. The molecule has 0 spiro atoms. The van der Waals surface area contributed by atoms with Crippen LogP contribution in [0.4, 0.5) is 0 Å². The zero-order valence-electron chi connectivity index (χ0n) is 27.1. The molecule has 0 atom stereocenters. The highest BCUT2D eigenvalue weighted by molar-refractivity contribution is 6.10. The van der Waals surface area contributed by atoms with Gasteiger partial charge in [-0.3, -0.25) is 0 Å². The fourth-order valence-corrected chi connectivity index (χ4v) is 7.40. The Balaban J connectivity index is 0.000000272. The van der Waals surface area contributed by atoms with Gasteiger partial charge in [-0.2, -0.15) is 0 Å². The minimum absolute atomic E-state index is 0.953. The van der Waals surface area contributed by atoms with Crippen LogP contribution in [0.5, 0.6) is 0 Å². The molecule has 0 saturated carbocycles. The smallest absolute Gasteiger partial charge is 0.0737 e. The zero-order valence-corrected chi connectivity index (χ0v) is 27.1. The molecule has 0 aliphatic carbocycles. The van der Waals surface area contributed by atoms with E-state index in [9.17, 15) is 0 Å². The Labute approximate surface area is 288 Å². The van der Waals surface area contributed by atoms with Crippen LogP contribution in [0.25, 0.3) is 99.4 Å². The van der Waals surface area contributed by atoms with Crippen molar-refractivity contribution >= 4 is 54.4 Å². The number of aromatic amines is 2. The van der Waals surface area contributed by atoms with Gasteiger partial charge in [-0.25, -0.2) is 9.97 Å². The molecular weight excluding hydrogens is 609 g/mol. The van der Waals surface area contributed by atoms with Crippen LogP contribution in [-0.4, -0.2) is 19.9 Å². The summed E-state index contributed by atoms with van der Waals surface area (Å²) in [5, 5.41) is 7.28. The summed E-state index contributed by atoms with van der Waals surface area (Å²) >= 11 is 0. The molecular formula is C46H30N4. The second-order valence-corrected chi connectivity index (χ2v) is 12.8. The van der Waals surface area contributed by atoms with Gasteiger partial charge in [0.15, 0.2) is 0 Å². The third kappa shape index (κ3) is 4.69. The summed E-state index contributed by atoms with van der Waals surface area (Å²) in [7, 11) is 0. The molecule has 4 heteroatoms. The van der Waals surface area contributed by atoms with E-state index in [-0.39, 0.29) is 0 Å². The Morgan fingerprint density at radius 1 is 0.280 bits per heavy atom. The lowest BCUT2D eigenvalue weighted by atomic mass is 10.0. The van der Waals surface area contributed by atoms with Gasteiger partial charge in [0, 0.05) is 65.9 Å². The number of fused-ring (bicyclic) bond motifs is 21. The Kier molecular flexibility index (Phi) is 6.46. The normalized spacial score (nSPS) is 11.6. The van der Waals surface area contributed by atoms with E-state index in [1.54, 1.807) is 0 Å². The third-order valence-corrected chi connectivity index (χ3v) is 9.78. The molecule has 5 heterocycles. The van der Waals surface area contributed by atoms with Crippen LogP contribution in [0.1, 0.15) is 0 Å². The van der Waals surface area contributed by atoms with E-state index < -0.39 is 0 Å². The standard InChI is InChI=1S/C36H22N4.C10H8/c1-2-10-22-21(9-1)29-17-31-23-11-3-4-12-24(23)33(38-31)19-35-27-15-7-8-16-28(27)36(40-35)20-34-26-14-6-5-13-25(26)32(39-34)18-30(22)37-29;1-2-6-10-8-4-3-7-9(10)5-1/h1-20,37,40H;1-8H. The molecule has 2 aliphatic heterocycles. The van der Waals surface area contributed by atoms with Crippen LogP contribution in [-0.2, 0) is 0 Å². The number of nitrogens with one attached hydrogen (secondary N) is 2. The van der Waals surface area contributed by atoms with E-state index in [4.69, 9.17) is 9.97 Å². The molecule has 50 heavy (non-hydrogen) atoms. The van der Waals surface area contributed by atoms with Crippen LogP contribution in [0.2, 0.25) is 0 Å². The summed E-state index contributed by atoms with van der Waals surface area (Å²) in [4.78, 5) is 17.8. The van der Waals surface area contributed by atoms with E-state index in [1.165, 1.54) is 10.8 Å². The maximum atomic E-state index is 5.17. The van der Waals surface area contributed by atoms with Crippen molar-refractivity contribution in [3.05, 3.63) is 170 Å². The minimum atomic E-state index is 0.953. The Bertz CT molecular complexity index is 2560. The number of H-pyrrole nitrogens is 2. The Morgan fingerprint density at radius 2 is 0.520 bits per heavy atom. The number of benzene rings is 6. The van der Waals surface area contributed by atoms with Crippen molar-refractivity contribution in [3.63, 3.8) is 0 Å². The van der Waals surface area contributed by atoms with Crippen LogP contribution >= 0.6 is 0 Å². The van der Waals surface area contributed by atoms with Gasteiger partial charge in [0.1, 0.15) is 0 Å². The van der Waals surface area contributed by atoms with Gasteiger partial charge in [0.05, 0.1) is 22.8 Å². The molecule has 0 radical (unpaired) electrons. The van der Waals surface area contributed by atoms with Gasteiger partial charge in [-0.05, 0) is 35.0 Å². The third-order valence-electron chi connectivity index (χ3n) is 9.78. The first-order chi connectivity index (χ1) is 24.8. The summed E-state index contributed by atoms with van der Waals surface area (Å²) in [6.07, 6.45) is 0. The van der Waals surface area contributed by atoms with Gasteiger partial charge in [-0.1, -0.05) is 146 Å². The van der Waals surface area contributed by atoms with Crippen LogP contribution < -0.4 is 0 Å². The lowest BCUT2D eigenvalue weighted by molar-refractivity contribution is 1.40. The van der Waals surface area contributed by atoms with E-state index >= 15 is 0 Å². The van der Waals surface area contributed by atoms with Gasteiger partial charge < -0.3 is 9.97 Å². The number of aromatic nitrogens is 4. The predicted molar refractivity (Wildman–Crippen MR) is 209 cm³/mol. The van der Waals surface area contributed by atoms with Crippen LogP contribution in [0.3, 0.4) is 0 Å². The second kappa shape index (κ2) is 11.4. The maximum Gasteiger partial charge on any atom is 0.0737 e. The summed E-state index contributed by atoms with van der Waals surface area (Å²) in [6.45, 7) is 0. The largest absolute Gasteiger partial charge is 0.354 e. The van der Waals surface area contributed by atoms with Gasteiger partial charge >= 0.3 is 0 Å². The van der Waals surface area contributed by atoms with Crippen molar-refractivity contribution in [2.45, 2.75) is 0 Å². The topological polar surface area (TPSA) is 57.4 Å². The molecule has 0 amide bonds. The summed E-state index contributed by atoms with van der Waals surface area (Å²) in [5.74, 6) is 0. The summed E-state index contributed by atoms with van der Waals surface area (Å²) in [6, 6.07) is 59.4. The molecule has 8 bridgehead atoms. The van der Waals surface area contributed by atoms with E-state index in [2.05, 4.69) is 180 Å². The molecule has 0 unspecified atom stereocenters. The highest BCUT2D eigenvalue weighted by atomic mass is 14.8. The monoisotopic (exact) mass is 638 g/mol. The van der Waals surface area contributed by atoms with Crippen LogP contribution in [0.15, 0.2) is 170 Å². The number of nitrogens with zero attached hydrogens (tertiary/aromatic N) is 2. The predicted octanol–water partition coefficient (Wildman–Crippen LogP) is 12.1. The Morgan fingerprint density at radius 3 is 0.800 bits per heavy atom. The average Bonchev–Trinajstić information content (AvgIpc) is 3.91. The van der Waals surface area contributed by atoms with E-state index in [0.717, 1.165) is 88.6 Å². The van der Waals surface area contributed by atoms with Gasteiger partial charge in [0.2, 0.25) is 0 Å².